The molecule has 3 aliphatic rings. The molecule has 0 aromatic rings. The van der Waals surface area contributed by atoms with Crippen molar-refractivity contribution in [2.24, 2.45) is 11.3 Å². The number of fused-ring (bicyclic) bond motifs is 1. The monoisotopic (exact) mass is 297 g/mol. The van der Waals surface area contributed by atoms with Gasteiger partial charge in [0.15, 0.2) is 0 Å². The number of carboxylic acid groups (broad SMARTS) is 1. The molecule has 2 saturated heterocycles. The van der Waals surface area contributed by atoms with E-state index in [4.69, 9.17) is 18.1 Å². The van der Waals surface area contributed by atoms with Crippen molar-refractivity contribution >= 4 is 29.0 Å². The molecule has 0 aromatic carbocycles. The van der Waals surface area contributed by atoms with Gasteiger partial charge >= 0.3 is 5.97 Å². The summed E-state index contributed by atoms with van der Waals surface area (Å²) in [6.45, 7) is 2.11. The minimum atomic E-state index is -1.03. The number of nitrogens with one attached hydrogen (secondary N) is 1. The Balaban J connectivity index is 1.89. The first-order valence-corrected chi connectivity index (χ1v) is 6.59. The number of nitrogens with two attached hydrogens (primary N) is 1. The van der Waals surface area contributed by atoms with Crippen molar-refractivity contribution in [2.75, 3.05) is 6.54 Å². The summed E-state index contributed by atoms with van der Waals surface area (Å²) >= 11 is 5.44. The van der Waals surface area contributed by atoms with Crippen molar-refractivity contribution in [2.45, 2.75) is 25.4 Å². The molecule has 3 aliphatic heterocycles. The summed E-state index contributed by atoms with van der Waals surface area (Å²) in [5.74, 6) is 4.36. The molecule has 0 radical (unpaired) electrons. The Bertz CT molecular complexity index is 538. The number of aliphatic carboxylic acids is 1. The number of nitrogens with zero attached hydrogens (tertiary/aromatic N) is 3. The van der Waals surface area contributed by atoms with Gasteiger partial charge in [-0.05, 0) is 0 Å². The van der Waals surface area contributed by atoms with Gasteiger partial charge < -0.3 is 10.0 Å². The molecule has 20 heavy (non-hydrogen) atoms. The zero-order valence-electron chi connectivity index (χ0n) is 10.8. The molecule has 108 valence electrons. The highest BCUT2D eigenvalue weighted by molar-refractivity contribution is 7.80. The van der Waals surface area contributed by atoms with Gasteiger partial charge in [-0.15, -0.1) is 5.53 Å². The number of carboxylic acids is 1. The predicted molar refractivity (Wildman–Crippen MR) is 72.4 cm³/mol. The van der Waals surface area contributed by atoms with Crippen molar-refractivity contribution in [3.63, 3.8) is 0 Å². The van der Waals surface area contributed by atoms with Crippen LogP contribution in [0.3, 0.4) is 0 Å². The van der Waals surface area contributed by atoms with E-state index < -0.39 is 17.4 Å². The lowest BCUT2D eigenvalue weighted by Gasteiger charge is -2.38. The molecule has 8 nitrogen and oxygen atoms in total. The van der Waals surface area contributed by atoms with Crippen LogP contribution in [0.1, 0.15) is 13.3 Å². The molecule has 1 amide bonds. The van der Waals surface area contributed by atoms with Crippen molar-refractivity contribution in [3.05, 3.63) is 12.4 Å². The zero-order valence-corrected chi connectivity index (χ0v) is 11.6. The number of hydrogen-bond donors (Lipinski definition) is 3. The van der Waals surface area contributed by atoms with Crippen LogP contribution in [0.5, 0.6) is 0 Å². The van der Waals surface area contributed by atoms with Crippen molar-refractivity contribution in [1.29, 1.82) is 0 Å². The molecule has 0 aliphatic carbocycles. The molecule has 3 atom stereocenters. The summed E-state index contributed by atoms with van der Waals surface area (Å²) in [4.78, 5) is 25.3. The maximum Gasteiger partial charge on any atom is 0.327 e. The van der Waals surface area contributed by atoms with E-state index in [1.807, 2.05) is 0 Å². The van der Waals surface area contributed by atoms with Crippen LogP contribution in [0, 0.1) is 5.41 Å². The normalized spacial score (nSPS) is 35.6. The second-order valence-corrected chi connectivity index (χ2v) is 5.92. The average Bonchev–Trinajstić information content (AvgIpc) is 2.82. The van der Waals surface area contributed by atoms with Crippen LogP contribution in [0.4, 0.5) is 0 Å². The van der Waals surface area contributed by atoms with Gasteiger partial charge in [0.2, 0.25) is 5.91 Å². The Morgan fingerprint density at radius 3 is 2.85 bits per heavy atom. The van der Waals surface area contributed by atoms with E-state index in [2.05, 4.69) is 5.53 Å². The second kappa shape index (κ2) is 4.14. The predicted octanol–water partition coefficient (Wildman–Crippen LogP) is -1.19. The lowest BCUT2D eigenvalue weighted by molar-refractivity contribution is -0.159. The number of β-lactam (4-membered cyclic amide) rings is 1. The van der Waals surface area contributed by atoms with Crippen LogP contribution in [0.25, 0.3) is 0 Å². The fraction of sp³-hybridized carbons (Fsp3) is 0.545. The zero-order chi connectivity index (χ0) is 14.7. The summed E-state index contributed by atoms with van der Waals surface area (Å²) < 4.78 is 0. The molecule has 2 fully saturated rings. The standard InChI is InChI=1S/C11H15N5O3S/c1-11(5-14-2-3-15(12)13-14)8(10(18)19)16-6(9(11)20)4-7(16)17/h2-3,6,8,13H,4-5,12H2,1H3,(H,18,19)/t6?,8-,11+/m1/s1. The molecule has 0 bridgehead atoms. The summed E-state index contributed by atoms with van der Waals surface area (Å²) in [6.07, 6.45) is 3.62. The van der Waals surface area contributed by atoms with E-state index in [1.165, 1.54) is 10.0 Å². The van der Waals surface area contributed by atoms with Crippen LogP contribution < -0.4 is 11.4 Å². The van der Waals surface area contributed by atoms with Crippen LogP contribution in [0.15, 0.2) is 12.4 Å². The highest BCUT2D eigenvalue weighted by atomic mass is 32.1. The minimum absolute atomic E-state index is 0.154. The SMILES string of the molecule is C[C@@]1(CN2C=CN(N)N2)C(=S)C2CC(=O)N2[C@@H]1C(=O)O. The van der Waals surface area contributed by atoms with Gasteiger partial charge in [-0.3, -0.25) is 9.80 Å². The van der Waals surface area contributed by atoms with Gasteiger partial charge in [-0.2, -0.15) is 0 Å². The topological polar surface area (TPSA) is 102 Å². The first-order valence-electron chi connectivity index (χ1n) is 6.18. The van der Waals surface area contributed by atoms with Crippen LogP contribution in [-0.4, -0.2) is 55.5 Å². The Hall–Kier alpha value is -1.71. The summed E-state index contributed by atoms with van der Waals surface area (Å²) in [5, 5.41) is 12.4. The fourth-order valence-electron chi connectivity index (χ4n) is 3.16. The van der Waals surface area contributed by atoms with E-state index in [-0.39, 0.29) is 11.9 Å². The third-order valence-electron chi connectivity index (χ3n) is 4.12. The molecule has 0 saturated carbocycles. The third-order valence-corrected chi connectivity index (χ3v) is 4.86. The maximum absolute atomic E-state index is 11.7. The summed E-state index contributed by atoms with van der Waals surface area (Å²) in [5.41, 5.74) is 2.02. The maximum atomic E-state index is 11.7. The van der Waals surface area contributed by atoms with Crippen molar-refractivity contribution in [3.8, 4) is 0 Å². The number of carbonyl (C=O) groups excluding carboxylic acids is 1. The largest absolute Gasteiger partial charge is 0.480 e. The number of amides is 1. The van der Waals surface area contributed by atoms with E-state index in [9.17, 15) is 14.7 Å². The minimum Gasteiger partial charge on any atom is -0.480 e. The van der Waals surface area contributed by atoms with E-state index in [1.54, 1.807) is 24.3 Å². The van der Waals surface area contributed by atoms with Gasteiger partial charge in [0.1, 0.15) is 6.04 Å². The number of carbonyl (C=O) groups is 2. The van der Waals surface area contributed by atoms with Gasteiger partial charge in [0.25, 0.3) is 0 Å². The highest BCUT2D eigenvalue weighted by Gasteiger charge is 2.63. The Morgan fingerprint density at radius 2 is 2.35 bits per heavy atom. The first-order chi connectivity index (χ1) is 9.34. The number of rotatable bonds is 3. The molecule has 0 spiro atoms. The summed E-state index contributed by atoms with van der Waals surface area (Å²) in [7, 11) is 0. The first kappa shape index (κ1) is 13.3. The number of hydrazine groups is 3. The van der Waals surface area contributed by atoms with Crippen molar-refractivity contribution in [1.82, 2.24) is 20.6 Å². The van der Waals surface area contributed by atoms with Crippen LogP contribution >= 0.6 is 12.2 Å². The molecule has 1 unspecified atom stereocenters. The lowest BCUT2D eigenvalue weighted by atomic mass is 9.81. The molecular formula is C11H15N5O3S. The quantitative estimate of drug-likeness (QED) is 0.340. The molecule has 0 aromatic heterocycles. The Morgan fingerprint density at radius 1 is 1.65 bits per heavy atom. The van der Waals surface area contributed by atoms with Crippen LogP contribution in [-0.2, 0) is 9.59 Å². The van der Waals surface area contributed by atoms with Gasteiger partial charge in [0, 0.05) is 17.6 Å². The fourth-order valence-corrected chi connectivity index (χ4v) is 3.53. The third kappa shape index (κ3) is 1.63. The molecule has 3 rings (SSSR count). The molecule has 3 heterocycles. The second-order valence-electron chi connectivity index (χ2n) is 5.48. The van der Waals surface area contributed by atoms with E-state index in [0.29, 0.717) is 17.8 Å². The molecular weight excluding hydrogens is 282 g/mol. The van der Waals surface area contributed by atoms with E-state index >= 15 is 0 Å². The van der Waals surface area contributed by atoms with Crippen LogP contribution in [0.2, 0.25) is 0 Å². The number of hydrogen-bond acceptors (Lipinski definition) is 7. The van der Waals surface area contributed by atoms with Gasteiger partial charge in [0.05, 0.1) is 24.1 Å². The number of thiocarbonyl (C=S) groups is 1. The van der Waals surface area contributed by atoms with Gasteiger partial charge in [-0.1, -0.05) is 19.1 Å². The lowest BCUT2D eigenvalue weighted by Crippen LogP contribution is -2.57. The van der Waals surface area contributed by atoms with Crippen molar-refractivity contribution < 1.29 is 14.7 Å². The Kier molecular flexibility index (Phi) is 2.75. The smallest absolute Gasteiger partial charge is 0.327 e. The highest BCUT2D eigenvalue weighted by Crippen LogP contribution is 2.45. The molecule has 9 heteroatoms. The Labute approximate surface area is 120 Å². The molecule has 4 N–H and O–H groups in total. The van der Waals surface area contributed by atoms with E-state index in [0.717, 1.165) is 0 Å². The summed E-state index contributed by atoms with van der Waals surface area (Å²) in [6, 6.07) is -1.16. The van der Waals surface area contributed by atoms with Gasteiger partial charge in [-0.25, -0.2) is 15.8 Å². The average molecular weight is 297 g/mol.